The van der Waals surface area contributed by atoms with E-state index in [1.54, 1.807) is 24.8 Å². The lowest BCUT2D eigenvalue weighted by atomic mass is 10.0. The smallest absolute Gasteiger partial charge is 0.0753 e. The molecule has 0 saturated heterocycles. The highest BCUT2D eigenvalue weighted by atomic mass is 14.9. The Morgan fingerprint density at radius 2 is 0.521 bits per heavy atom. The molecule has 4 aromatic heterocycles. The fourth-order valence-corrected chi connectivity index (χ4v) is 6.18. The molecule has 8 bridgehead atoms. The van der Waals surface area contributed by atoms with Crippen LogP contribution in [0.1, 0.15) is 22.8 Å². The predicted molar refractivity (Wildman–Crippen MR) is 191 cm³/mol. The van der Waals surface area contributed by atoms with Gasteiger partial charge in [-0.25, -0.2) is 20.0 Å². The van der Waals surface area contributed by atoms with Crippen molar-refractivity contribution in [2.45, 2.75) is 0 Å². The standard InChI is InChI=1S/C40H24N8/c1-5-21-41-25(9-1)37-29-13-15-31(45-29)38(26-10-2-6-22-42-26)33-17-19-35(47-33)40(28-12-4-8-24-44-28)36-20-18-34(48-36)39(27-11-3-7-23-43-27)32-16-14-30(37)46-32/h1-24H. The summed E-state index contributed by atoms with van der Waals surface area (Å²) in [6.07, 6.45) is 23.2. The monoisotopic (exact) mass is 616 g/mol. The van der Waals surface area contributed by atoms with E-state index in [1.165, 1.54) is 0 Å². The first-order valence-corrected chi connectivity index (χ1v) is 15.5. The van der Waals surface area contributed by atoms with Gasteiger partial charge in [-0.2, -0.15) is 0 Å². The fraction of sp³-hybridized carbons (Fsp3) is 0. The van der Waals surface area contributed by atoms with Crippen LogP contribution in [0.4, 0.5) is 0 Å². The highest BCUT2D eigenvalue weighted by molar-refractivity contribution is 6.39. The molecular formula is C40H24N8. The Labute approximate surface area is 276 Å². The molecule has 0 fully saturated rings. The van der Waals surface area contributed by atoms with Gasteiger partial charge in [0.05, 0.1) is 90.7 Å². The van der Waals surface area contributed by atoms with Crippen molar-refractivity contribution in [3.05, 3.63) is 192 Å². The van der Waals surface area contributed by atoms with Gasteiger partial charge in [0.25, 0.3) is 0 Å². The van der Waals surface area contributed by atoms with Crippen molar-refractivity contribution >= 4 is 45.1 Å². The number of fused-ring (bicyclic) bond motifs is 4. The van der Waals surface area contributed by atoms with E-state index < -0.39 is 0 Å². The van der Waals surface area contributed by atoms with Gasteiger partial charge in [-0.1, -0.05) is 24.3 Å². The van der Waals surface area contributed by atoms with E-state index in [2.05, 4.69) is 0 Å². The summed E-state index contributed by atoms with van der Waals surface area (Å²) in [5.74, 6) is 0. The molecule has 0 amide bonds. The van der Waals surface area contributed by atoms with Crippen LogP contribution in [0.5, 0.6) is 0 Å². The Hall–Kier alpha value is -6.80. The van der Waals surface area contributed by atoms with Gasteiger partial charge in [0.1, 0.15) is 0 Å². The number of hydrogen-bond acceptors (Lipinski definition) is 8. The van der Waals surface area contributed by atoms with Gasteiger partial charge in [-0.05, 0) is 97.1 Å². The maximum absolute atomic E-state index is 5.20. The maximum Gasteiger partial charge on any atom is 0.0753 e. The third-order valence-corrected chi connectivity index (χ3v) is 8.29. The molecule has 8 heteroatoms. The van der Waals surface area contributed by atoms with E-state index in [1.807, 2.05) is 121 Å². The summed E-state index contributed by atoms with van der Waals surface area (Å²) in [5.41, 5.74) is 12.3. The van der Waals surface area contributed by atoms with E-state index in [0.717, 1.165) is 90.7 Å². The second-order valence-corrected chi connectivity index (χ2v) is 11.2. The van der Waals surface area contributed by atoms with Crippen LogP contribution in [-0.4, -0.2) is 42.8 Å². The molecule has 224 valence electrons. The Morgan fingerprint density at radius 3 is 0.729 bits per heavy atom. The second-order valence-electron chi connectivity index (χ2n) is 11.2. The van der Waals surface area contributed by atoms with Gasteiger partial charge in [0, 0.05) is 24.8 Å². The lowest BCUT2D eigenvalue weighted by molar-refractivity contribution is 1.26. The van der Waals surface area contributed by atoms with E-state index in [-0.39, 0.29) is 0 Å². The quantitative estimate of drug-likeness (QED) is 0.241. The fourth-order valence-electron chi connectivity index (χ4n) is 6.18. The number of allylic oxidation sites excluding steroid dienone is 12. The summed E-state index contributed by atoms with van der Waals surface area (Å²) in [6.45, 7) is 0. The molecule has 0 radical (unpaired) electrons. The van der Waals surface area contributed by atoms with Crippen molar-refractivity contribution < 1.29 is 0 Å². The topological polar surface area (TPSA) is 101 Å². The zero-order chi connectivity index (χ0) is 31.9. The highest BCUT2D eigenvalue weighted by Crippen LogP contribution is 2.37. The number of aromatic nitrogens is 4. The minimum absolute atomic E-state index is 0.745. The molecule has 9 rings (SSSR count). The summed E-state index contributed by atoms with van der Waals surface area (Å²) < 4.78 is 0. The van der Waals surface area contributed by atoms with E-state index in [9.17, 15) is 0 Å². The number of aliphatic imine (C=N–C) groups is 4. The summed E-state index contributed by atoms with van der Waals surface area (Å²) in [7, 11) is 0. The molecule has 5 aliphatic rings. The first kappa shape index (κ1) is 27.5. The molecule has 5 aliphatic heterocycles. The minimum atomic E-state index is 0.745. The molecule has 0 spiro atoms. The van der Waals surface area contributed by atoms with E-state index >= 15 is 0 Å². The van der Waals surface area contributed by atoms with Gasteiger partial charge < -0.3 is 0 Å². The number of pyridine rings is 4. The lowest BCUT2D eigenvalue weighted by Crippen LogP contribution is -2.05. The largest absolute Gasteiger partial charge is 0.256 e. The van der Waals surface area contributed by atoms with Crippen LogP contribution in [0.3, 0.4) is 0 Å². The average molecular weight is 617 g/mol. The first-order valence-electron chi connectivity index (χ1n) is 15.5. The molecule has 0 unspecified atom stereocenters. The number of rotatable bonds is 4. The predicted octanol–water partition coefficient (Wildman–Crippen LogP) is 7.27. The van der Waals surface area contributed by atoms with Gasteiger partial charge in [0.2, 0.25) is 0 Å². The van der Waals surface area contributed by atoms with Crippen LogP contribution in [0.2, 0.25) is 0 Å². The lowest BCUT2D eigenvalue weighted by Gasteiger charge is -2.11. The normalized spacial score (nSPS) is 17.8. The molecular weight excluding hydrogens is 592 g/mol. The molecule has 48 heavy (non-hydrogen) atoms. The Morgan fingerprint density at radius 1 is 0.271 bits per heavy atom. The van der Waals surface area contributed by atoms with Crippen molar-refractivity contribution in [1.29, 1.82) is 0 Å². The van der Waals surface area contributed by atoms with Crippen LogP contribution >= 0.6 is 0 Å². The van der Waals surface area contributed by atoms with Crippen LogP contribution in [0, 0.1) is 0 Å². The van der Waals surface area contributed by atoms with Gasteiger partial charge in [-0.3, -0.25) is 19.9 Å². The van der Waals surface area contributed by atoms with Gasteiger partial charge in [0.15, 0.2) is 0 Å². The van der Waals surface area contributed by atoms with Gasteiger partial charge >= 0.3 is 0 Å². The molecule has 9 heterocycles. The van der Waals surface area contributed by atoms with Crippen molar-refractivity contribution in [2.75, 3.05) is 0 Å². The second kappa shape index (κ2) is 11.5. The average Bonchev–Trinajstić information content (AvgIpc) is 3.98. The van der Waals surface area contributed by atoms with Gasteiger partial charge in [-0.15, -0.1) is 0 Å². The van der Waals surface area contributed by atoms with Crippen LogP contribution < -0.4 is 0 Å². The molecule has 0 atom stereocenters. The molecule has 0 aromatic carbocycles. The Kier molecular flexibility index (Phi) is 6.61. The molecule has 4 aromatic rings. The van der Waals surface area contributed by atoms with Crippen molar-refractivity contribution in [3.8, 4) is 0 Å². The summed E-state index contributed by atoms with van der Waals surface area (Å²) in [4.78, 5) is 39.7. The van der Waals surface area contributed by atoms with Crippen LogP contribution in [-0.2, 0) is 0 Å². The van der Waals surface area contributed by atoms with Crippen molar-refractivity contribution in [1.82, 2.24) is 19.9 Å². The van der Waals surface area contributed by atoms with Crippen LogP contribution in [0.25, 0.3) is 22.3 Å². The minimum Gasteiger partial charge on any atom is -0.256 e. The zero-order valence-electron chi connectivity index (χ0n) is 25.4. The summed E-state index contributed by atoms with van der Waals surface area (Å²) in [6, 6.07) is 23.4. The van der Waals surface area contributed by atoms with E-state index in [0.29, 0.717) is 0 Å². The van der Waals surface area contributed by atoms with E-state index in [4.69, 9.17) is 39.9 Å². The zero-order valence-corrected chi connectivity index (χ0v) is 25.4. The molecule has 0 aliphatic carbocycles. The third-order valence-electron chi connectivity index (χ3n) is 8.29. The number of nitrogens with zero attached hydrogens (tertiary/aromatic N) is 8. The third kappa shape index (κ3) is 4.80. The molecule has 8 nitrogen and oxygen atoms in total. The SMILES string of the molecule is C1=CC2=C(c3ccccn3)C3=NC(=C(c4ccccn4)C4=NC(=C(c5ccccn5)C5=NC(=C(c6ccccn6)C1=N2)C=C5)C=C4)C=C3. The van der Waals surface area contributed by atoms with Crippen LogP contribution in [0.15, 0.2) is 189 Å². The Balaban J connectivity index is 1.37. The Bertz CT molecular complexity index is 2040. The van der Waals surface area contributed by atoms with Crippen molar-refractivity contribution in [2.24, 2.45) is 20.0 Å². The molecule has 0 N–H and O–H groups in total. The van der Waals surface area contributed by atoms with Crippen molar-refractivity contribution in [3.63, 3.8) is 0 Å². The maximum atomic E-state index is 5.20. The first-order chi connectivity index (χ1) is 23.8. The number of hydrogen-bond donors (Lipinski definition) is 0. The highest BCUT2D eigenvalue weighted by Gasteiger charge is 2.28. The summed E-state index contributed by atoms with van der Waals surface area (Å²) >= 11 is 0. The summed E-state index contributed by atoms with van der Waals surface area (Å²) in [5, 5.41) is 0. The molecule has 0 saturated carbocycles.